The largest absolute Gasteiger partial charge is 0.494 e. The molecule has 0 aliphatic heterocycles. The molecule has 2 fully saturated rings. The Morgan fingerprint density at radius 3 is 1.57 bits per heavy atom. The van der Waals surface area contributed by atoms with Gasteiger partial charge in [-0.05, 0) is 189 Å². The summed E-state index contributed by atoms with van der Waals surface area (Å²) in [6.45, 7) is 11.1. The van der Waals surface area contributed by atoms with E-state index in [1.807, 2.05) is 31.2 Å². The van der Waals surface area contributed by atoms with Crippen molar-refractivity contribution in [2.45, 2.75) is 116 Å². The third kappa shape index (κ3) is 19.1. The van der Waals surface area contributed by atoms with E-state index in [4.69, 9.17) is 48.0 Å². The smallest absolute Gasteiger partial charge is 0.330 e. The molecule has 2 aliphatic carbocycles. The van der Waals surface area contributed by atoms with Crippen molar-refractivity contribution in [2.75, 3.05) is 38.0 Å². The van der Waals surface area contributed by atoms with Gasteiger partial charge < -0.3 is 43.0 Å². The van der Waals surface area contributed by atoms with Gasteiger partial charge in [-0.2, -0.15) is 5.10 Å². The van der Waals surface area contributed by atoms with Crippen molar-refractivity contribution < 1.29 is 67.0 Å². The molecule has 0 saturated heterocycles. The molecule has 1 heterocycles. The van der Waals surface area contributed by atoms with Crippen molar-refractivity contribution in [2.24, 2.45) is 28.8 Å². The minimum atomic E-state index is -1.17. The molecule has 1 unspecified atom stereocenters. The first-order chi connectivity index (χ1) is 39.0. The Bertz CT molecular complexity index is 2800. The van der Waals surface area contributed by atoms with Gasteiger partial charge in [0.2, 0.25) is 5.13 Å². The van der Waals surface area contributed by atoms with E-state index in [9.17, 15) is 29.1 Å². The van der Waals surface area contributed by atoms with E-state index in [0.717, 1.165) is 73.7 Å². The number of hydrogen-bond acceptors (Lipinski definition) is 18. The lowest BCUT2D eigenvalue weighted by molar-refractivity contribution is -0.145. The topological polar surface area (TPSA) is 208 Å². The number of ether oxygens (including phenoxy) is 8. The Balaban J connectivity index is 0.876. The minimum Gasteiger partial charge on any atom is -0.494 e. The number of hydrogen-bond donors (Lipinski definition) is 1. The number of aromatic nitrogens is 1. The van der Waals surface area contributed by atoms with Crippen LogP contribution in [0, 0.1) is 23.7 Å². The number of carbonyl (C=O) groups is 5. The number of carbonyl (C=O) groups excluding carboxylic acids is 5. The van der Waals surface area contributed by atoms with E-state index in [2.05, 4.69) is 13.2 Å². The third-order valence-corrected chi connectivity index (χ3v) is 15.1. The standard InChI is InChI=1S/C62H73N3O14S/c1-4-56(66)74-39-15-9-7-13-37-72-48-27-31-50(32-28-48)76-58(68)43-19-21-45(22-20-43)60(70)78-52-35-36-54(47(41-52)42-63-65(6-3)62-64-53-17-11-12-18-55(53)80-62)79-61(71)46-25-23-44(24-26-46)59(69)77-51-33-29-49(30-34-51)73-38-14-8-10-16-40-75-57(67)5-2/h4-5,11-12,17-18,27-36,41-46,60,70H,1-2,6-10,13-16,19-26,37-40H2,3H3/b63-42+. The predicted octanol–water partition coefficient (Wildman–Crippen LogP) is 11.9. The Morgan fingerprint density at radius 1 is 0.613 bits per heavy atom. The zero-order chi connectivity index (χ0) is 56.5. The molecule has 5 aromatic rings. The maximum atomic E-state index is 13.8. The van der Waals surface area contributed by atoms with Gasteiger partial charge in [-0.1, -0.05) is 36.6 Å². The zero-order valence-corrected chi connectivity index (χ0v) is 46.4. The molecule has 0 amide bonds. The molecule has 2 aliphatic rings. The Kier molecular flexibility index (Phi) is 23.9. The second-order valence-corrected chi connectivity index (χ2v) is 20.8. The molecule has 1 atom stereocenters. The van der Waals surface area contributed by atoms with Crippen LogP contribution in [0.2, 0.25) is 0 Å². The van der Waals surface area contributed by atoms with Gasteiger partial charge in [-0.15, -0.1) is 0 Å². The number of thiazole rings is 1. The van der Waals surface area contributed by atoms with Gasteiger partial charge in [-0.25, -0.2) is 19.6 Å². The number of para-hydroxylation sites is 1. The molecule has 7 rings (SSSR count). The van der Waals surface area contributed by atoms with Crippen LogP contribution in [0.15, 0.2) is 121 Å². The summed E-state index contributed by atoms with van der Waals surface area (Å²) in [6.07, 6.45) is 13.6. The van der Waals surface area contributed by atoms with Crippen LogP contribution in [0.3, 0.4) is 0 Å². The van der Waals surface area contributed by atoms with E-state index >= 15 is 0 Å². The molecular formula is C62H73N3O14S. The molecule has 0 bridgehead atoms. The first kappa shape index (κ1) is 60.1. The van der Waals surface area contributed by atoms with Crippen molar-refractivity contribution in [3.8, 4) is 34.5 Å². The summed E-state index contributed by atoms with van der Waals surface area (Å²) in [5.41, 5.74) is 1.30. The lowest BCUT2D eigenvalue weighted by Gasteiger charge is -2.30. The highest BCUT2D eigenvalue weighted by molar-refractivity contribution is 7.22. The van der Waals surface area contributed by atoms with Gasteiger partial charge in [0.05, 0.1) is 60.6 Å². The maximum Gasteiger partial charge on any atom is 0.330 e. The van der Waals surface area contributed by atoms with E-state index in [1.54, 1.807) is 78.0 Å². The fourth-order valence-electron chi connectivity index (χ4n) is 9.36. The van der Waals surface area contributed by atoms with Crippen LogP contribution < -0.4 is 33.4 Å². The van der Waals surface area contributed by atoms with Crippen LogP contribution in [0.4, 0.5) is 5.13 Å². The van der Waals surface area contributed by atoms with E-state index in [0.29, 0.717) is 124 Å². The molecule has 1 N–H and O–H groups in total. The number of anilines is 1. The van der Waals surface area contributed by atoms with Gasteiger partial charge in [0.1, 0.15) is 34.5 Å². The highest BCUT2D eigenvalue weighted by Gasteiger charge is 2.34. The fraction of sp³-hybridized carbons (Fsp3) is 0.435. The maximum absolute atomic E-state index is 13.8. The van der Waals surface area contributed by atoms with Crippen molar-refractivity contribution in [3.63, 3.8) is 0 Å². The van der Waals surface area contributed by atoms with E-state index in [1.165, 1.54) is 11.3 Å². The predicted molar refractivity (Wildman–Crippen MR) is 304 cm³/mol. The van der Waals surface area contributed by atoms with Gasteiger partial charge in [0, 0.05) is 30.2 Å². The van der Waals surface area contributed by atoms with Gasteiger partial charge >= 0.3 is 29.8 Å². The summed E-state index contributed by atoms with van der Waals surface area (Å²) in [6, 6.07) is 26.7. The van der Waals surface area contributed by atoms with Crippen LogP contribution in [0.25, 0.3) is 10.2 Å². The highest BCUT2D eigenvalue weighted by atomic mass is 32.1. The van der Waals surface area contributed by atoms with Crippen molar-refractivity contribution >= 4 is 62.7 Å². The molecule has 18 heteroatoms. The number of rotatable bonds is 31. The first-order valence-corrected chi connectivity index (χ1v) is 28.6. The first-order valence-electron chi connectivity index (χ1n) is 27.8. The van der Waals surface area contributed by atoms with Crippen LogP contribution in [-0.2, 0) is 33.4 Å². The summed E-state index contributed by atoms with van der Waals surface area (Å²) in [5, 5.41) is 18.6. The normalized spacial score (nSPS) is 17.4. The fourth-order valence-corrected chi connectivity index (χ4v) is 10.3. The Hall–Kier alpha value is -7.57. The number of aliphatic hydroxyl groups excluding tert-OH is 1. The number of unbranched alkanes of at least 4 members (excludes halogenated alkanes) is 6. The molecule has 4 aromatic carbocycles. The number of esters is 5. The van der Waals surface area contributed by atoms with Crippen LogP contribution in [-0.4, -0.2) is 85.4 Å². The van der Waals surface area contributed by atoms with Crippen molar-refractivity contribution in [1.82, 2.24) is 4.98 Å². The number of aliphatic hydroxyl groups is 1. The molecule has 0 spiro atoms. The summed E-state index contributed by atoms with van der Waals surface area (Å²) in [5.74, 6) is -0.540. The van der Waals surface area contributed by atoms with Crippen molar-refractivity contribution in [1.29, 1.82) is 0 Å². The molecule has 80 heavy (non-hydrogen) atoms. The molecule has 1 aromatic heterocycles. The second-order valence-electron chi connectivity index (χ2n) is 19.8. The average Bonchev–Trinajstić information content (AvgIpc) is 3.96. The quantitative estimate of drug-likeness (QED) is 0.00832. The molecule has 0 radical (unpaired) electrons. The highest BCUT2D eigenvalue weighted by Crippen LogP contribution is 2.36. The molecule has 17 nitrogen and oxygen atoms in total. The lowest BCUT2D eigenvalue weighted by atomic mass is 9.81. The van der Waals surface area contributed by atoms with E-state index in [-0.39, 0.29) is 35.4 Å². The lowest BCUT2D eigenvalue weighted by Crippen LogP contribution is -2.33. The summed E-state index contributed by atoms with van der Waals surface area (Å²) in [4.78, 5) is 67.3. The van der Waals surface area contributed by atoms with E-state index < -0.39 is 30.1 Å². The zero-order valence-electron chi connectivity index (χ0n) is 45.5. The average molecular weight is 1120 g/mol. The second kappa shape index (κ2) is 31.9. The summed E-state index contributed by atoms with van der Waals surface area (Å²) >= 11 is 1.51. The third-order valence-electron chi connectivity index (χ3n) is 14.0. The van der Waals surface area contributed by atoms with Crippen LogP contribution in [0.1, 0.15) is 115 Å². The number of benzene rings is 4. The Labute approximate surface area is 471 Å². The summed E-state index contributed by atoms with van der Waals surface area (Å²) < 4.78 is 46.4. The van der Waals surface area contributed by atoms with Crippen LogP contribution >= 0.6 is 11.3 Å². The molecular weight excluding hydrogens is 1040 g/mol. The number of nitrogens with zero attached hydrogens (tertiary/aromatic N) is 3. The minimum absolute atomic E-state index is 0.246. The van der Waals surface area contributed by atoms with Crippen LogP contribution in [0.5, 0.6) is 34.5 Å². The van der Waals surface area contributed by atoms with Crippen molar-refractivity contribution in [3.05, 3.63) is 122 Å². The monoisotopic (exact) mass is 1120 g/mol. The number of hydrazone groups is 1. The molecule has 426 valence electrons. The summed E-state index contributed by atoms with van der Waals surface area (Å²) in [7, 11) is 0. The number of fused-ring (bicyclic) bond motifs is 1. The van der Waals surface area contributed by atoms with Gasteiger partial charge in [0.15, 0.2) is 6.29 Å². The Morgan fingerprint density at radius 2 is 1.07 bits per heavy atom. The SMILES string of the molecule is C=CC(=O)OCCCCCCOc1ccc(OC(=O)C2CCC(C(=O)Oc3ccc(OC(O)C4CCC(C(=O)Oc5ccc(OCCCCCCOC(=O)C=C)cc5)CC4)cc3/C=N/N(CC)c3nc4ccccc4s3)CC2)cc1. The van der Waals surface area contributed by atoms with Gasteiger partial charge in [-0.3, -0.25) is 14.4 Å². The molecule has 2 saturated carbocycles. The van der Waals surface area contributed by atoms with Gasteiger partial charge in [0.25, 0.3) is 0 Å².